The molecule has 1 aliphatic rings. The summed E-state index contributed by atoms with van der Waals surface area (Å²) >= 11 is 0. The number of hydrogen-bond acceptors (Lipinski definition) is 2. The van der Waals surface area contributed by atoms with Gasteiger partial charge in [0.15, 0.2) is 0 Å². The summed E-state index contributed by atoms with van der Waals surface area (Å²) in [6, 6.07) is 15.8. The second-order valence-electron chi connectivity index (χ2n) is 7.99. The predicted molar refractivity (Wildman–Crippen MR) is 110 cm³/mol. The van der Waals surface area contributed by atoms with Crippen LogP contribution in [0, 0.1) is 5.82 Å². The highest BCUT2D eigenvalue weighted by atomic mass is 19.1. The molecule has 6 heteroatoms. The normalized spacial score (nSPS) is 15.0. The summed E-state index contributed by atoms with van der Waals surface area (Å²) in [4.78, 5) is 32.6. The van der Waals surface area contributed by atoms with Crippen molar-refractivity contribution in [1.29, 1.82) is 0 Å². The first kappa shape index (κ1) is 19.2. The molecule has 1 saturated heterocycles. The minimum absolute atomic E-state index is 0.0666. The molecule has 1 N–H and O–H groups in total. The number of aromatic nitrogens is 1. The van der Waals surface area contributed by atoms with E-state index in [1.165, 1.54) is 12.1 Å². The van der Waals surface area contributed by atoms with Gasteiger partial charge >= 0.3 is 0 Å². The lowest BCUT2D eigenvalue weighted by Crippen LogP contribution is -2.54. The van der Waals surface area contributed by atoms with Crippen LogP contribution in [0.5, 0.6) is 0 Å². The van der Waals surface area contributed by atoms with Crippen LogP contribution in [0.15, 0.2) is 54.6 Å². The molecule has 2 amide bonds. The van der Waals surface area contributed by atoms with Gasteiger partial charge < -0.3 is 14.8 Å². The van der Waals surface area contributed by atoms with Crippen molar-refractivity contribution in [1.82, 2.24) is 14.8 Å². The summed E-state index contributed by atoms with van der Waals surface area (Å²) in [5.41, 5.74) is 1.53. The maximum atomic E-state index is 13.4. The van der Waals surface area contributed by atoms with Gasteiger partial charge in [0, 0.05) is 37.1 Å². The molecule has 5 nitrogen and oxygen atoms in total. The first-order valence-corrected chi connectivity index (χ1v) is 9.79. The van der Waals surface area contributed by atoms with Gasteiger partial charge in [-0.2, -0.15) is 0 Å². The first-order chi connectivity index (χ1) is 13.9. The highest BCUT2D eigenvalue weighted by Crippen LogP contribution is 2.26. The third-order valence-corrected chi connectivity index (χ3v) is 5.70. The Kier molecular flexibility index (Phi) is 4.86. The number of benzene rings is 2. The van der Waals surface area contributed by atoms with Gasteiger partial charge in [-0.25, -0.2) is 4.39 Å². The Bertz CT molecular complexity index is 1050. The Hall–Kier alpha value is -3.15. The molecular formula is C23H24FN3O2. The number of carbonyl (C=O) groups is 2. The lowest BCUT2D eigenvalue weighted by atomic mass is 9.83. The van der Waals surface area contributed by atoms with Gasteiger partial charge in [-0.05, 0) is 43.7 Å². The van der Waals surface area contributed by atoms with E-state index in [1.54, 1.807) is 17.0 Å². The second-order valence-corrected chi connectivity index (χ2v) is 7.99. The van der Waals surface area contributed by atoms with Crippen LogP contribution in [0.3, 0.4) is 0 Å². The SMILES string of the molecule is CC(C)(C(=O)N1CCN(C(=O)c2cc3cc(F)ccc3[nH]2)CC1)c1ccccc1. The van der Waals surface area contributed by atoms with Crippen LogP contribution in [0.1, 0.15) is 29.9 Å². The summed E-state index contributed by atoms with van der Waals surface area (Å²) in [6.07, 6.45) is 0. The molecule has 0 atom stereocenters. The molecule has 0 bridgehead atoms. The average molecular weight is 393 g/mol. The number of nitrogens with one attached hydrogen (secondary N) is 1. The fourth-order valence-corrected chi connectivity index (χ4v) is 3.88. The van der Waals surface area contributed by atoms with Crippen molar-refractivity contribution in [3.05, 3.63) is 71.7 Å². The number of carbonyl (C=O) groups excluding carboxylic acids is 2. The molecule has 3 aromatic rings. The standard InChI is InChI=1S/C23H24FN3O2/c1-23(2,17-6-4-3-5-7-17)22(29)27-12-10-26(11-13-27)21(28)20-15-16-14-18(24)8-9-19(16)25-20/h3-9,14-15,25H,10-13H2,1-2H3. The van der Waals surface area contributed by atoms with E-state index in [0.717, 1.165) is 11.1 Å². The Morgan fingerprint density at radius 1 is 0.931 bits per heavy atom. The first-order valence-electron chi connectivity index (χ1n) is 9.79. The van der Waals surface area contributed by atoms with E-state index in [4.69, 9.17) is 0 Å². The van der Waals surface area contributed by atoms with Crippen molar-refractivity contribution in [2.75, 3.05) is 26.2 Å². The van der Waals surface area contributed by atoms with Crippen LogP contribution in [-0.4, -0.2) is 52.8 Å². The zero-order chi connectivity index (χ0) is 20.6. The van der Waals surface area contributed by atoms with E-state index in [9.17, 15) is 14.0 Å². The molecule has 1 aliphatic heterocycles. The monoisotopic (exact) mass is 393 g/mol. The number of amides is 2. The van der Waals surface area contributed by atoms with Crippen LogP contribution >= 0.6 is 0 Å². The van der Waals surface area contributed by atoms with Crippen LogP contribution in [0.25, 0.3) is 10.9 Å². The maximum absolute atomic E-state index is 13.4. The van der Waals surface area contributed by atoms with E-state index >= 15 is 0 Å². The number of rotatable bonds is 3. The molecule has 0 aliphatic carbocycles. The summed E-state index contributed by atoms with van der Waals surface area (Å²) in [6.45, 7) is 5.81. The van der Waals surface area contributed by atoms with Crippen molar-refractivity contribution in [2.45, 2.75) is 19.3 Å². The minimum Gasteiger partial charge on any atom is -0.351 e. The predicted octanol–water partition coefficient (Wildman–Crippen LogP) is 3.57. The Morgan fingerprint density at radius 2 is 1.59 bits per heavy atom. The molecular weight excluding hydrogens is 369 g/mol. The van der Waals surface area contributed by atoms with Gasteiger partial charge in [0.25, 0.3) is 5.91 Å². The van der Waals surface area contributed by atoms with Crippen molar-refractivity contribution in [3.63, 3.8) is 0 Å². The minimum atomic E-state index is -0.616. The Balaban J connectivity index is 1.43. The second kappa shape index (κ2) is 7.35. The van der Waals surface area contributed by atoms with Crippen molar-refractivity contribution in [3.8, 4) is 0 Å². The van der Waals surface area contributed by atoms with Crippen LogP contribution in [0.2, 0.25) is 0 Å². The lowest BCUT2D eigenvalue weighted by molar-refractivity contribution is -0.137. The molecule has 1 fully saturated rings. The molecule has 4 rings (SSSR count). The largest absolute Gasteiger partial charge is 0.351 e. The van der Waals surface area contributed by atoms with E-state index in [2.05, 4.69) is 4.98 Å². The number of halogens is 1. The fraction of sp³-hybridized carbons (Fsp3) is 0.304. The average Bonchev–Trinajstić information content (AvgIpc) is 3.16. The number of piperazine rings is 1. The van der Waals surface area contributed by atoms with Crippen LogP contribution < -0.4 is 0 Å². The molecule has 2 heterocycles. The van der Waals surface area contributed by atoms with Gasteiger partial charge in [-0.1, -0.05) is 30.3 Å². The molecule has 0 unspecified atom stereocenters. The van der Waals surface area contributed by atoms with Crippen LogP contribution in [-0.2, 0) is 10.2 Å². The van der Waals surface area contributed by atoms with E-state index in [1.807, 2.05) is 49.1 Å². The quantitative estimate of drug-likeness (QED) is 0.740. The highest BCUT2D eigenvalue weighted by molar-refractivity contribution is 5.98. The van der Waals surface area contributed by atoms with E-state index in [0.29, 0.717) is 37.3 Å². The number of fused-ring (bicyclic) bond motifs is 1. The molecule has 0 radical (unpaired) electrons. The zero-order valence-corrected chi connectivity index (χ0v) is 16.6. The van der Waals surface area contributed by atoms with Crippen molar-refractivity contribution < 1.29 is 14.0 Å². The van der Waals surface area contributed by atoms with Crippen LogP contribution in [0.4, 0.5) is 4.39 Å². The number of hydrogen-bond donors (Lipinski definition) is 1. The zero-order valence-electron chi connectivity index (χ0n) is 16.6. The lowest BCUT2D eigenvalue weighted by Gasteiger charge is -2.38. The summed E-state index contributed by atoms with van der Waals surface area (Å²) in [7, 11) is 0. The molecule has 0 spiro atoms. The number of H-pyrrole nitrogens is 1. The summed E-state index contributed by atoms with van der Waals surface area (Å²) in [5.74, 6) is -0.392. The van der Waals surface area contributed by atoms with Gasteiger partial charge in [0.1, 0.15) is 11.5 Å². The van der Waals surface area contributed by atoms with Gasteiger partial charge in [-0.15, -0.1) is 0 Å². The van der Waals surface area contributed by atoms with Gasteiger partial charge in [0.2, 0.25) is 5.91 Å². The number of nitrogens with zero attached hydrogens (tertiary/aromatic N) is 2. The maximum Gasteiger partial charge on any atom is 0.270 e. The molecule has 0 saturated carbocycles. The third kappa shape index (κ3) is 3.62. The Labute approximate surface area is 169 Å². The molecule has 150 valence electrons. The Morgan fingerprint density at radius 3 is 2.28 bits per heavy atom. The summed E-state index contributed by atoms with van der Waals surface area (Å²) < 4.78 is 13.4. The van der Waals surface area contributed by atoms with Gasteiger partial charge in [0.05, 0.1) is 5.41 Å². The summed E-state index contributed by atoms with van der Waals surface area (Å²) in [5, 5.41) is 0.673. The number of aromatic amines is 1. The van der Waals surface area contributed by atoms with Crippen molar-refractivity contribution >= 4 is 22.7 Å². The fourth-order valence-electron chi connectivity index (χ4n) is 3.88. The topological polar surface area (TPSA) is 56.4 Å². The van der Waals surface area contributed by atoms with E-state index < -0.39 is 5.41 Å². The molecule has 2 aromatic carbocycles. The van der Waals surface area contributed by atoms with E-state index in [-0.39, 0.29) is 17.6 Å². The van der Waals surface area contributed by atoms with Crippen molar-refractivity contribution in [2.24, 2.45) is 0 Å². The van der Waals surface area contributed by atoms with Gasteiger partial charge in [-0.3, -0.25) is 9.59 Å². The molecule has 1 aromatic heterocycles. The third-order valence-electron chi connectivity index (χ3n) is 5.70. The highest BCUT2D eigenvalue weighted by Gasteiger charge is 2.35. The molecule has 29 heavy (non-hydrogen) atoms. The smallest absolute Gasteiger partial charge is 0.270 e.